The lowest BCUT2D eigenvalue weighted by Gasteiger charge is -2.46. The molecule has 1 saturated heterocycles. The normalized spacial score (nSPS) is 25.8. The first-order chi connectivity index (χ1) is 18.6. The molecule has 0 spiro atoms. The van der Waals surface area contributed by atoms with Crippen LogP contribution in [-0.4, -0.2) is 65.3 Å². The highest BCUT2D eigenvalue weighted by molar-refractivity contribution is 5.71. The first-order valence-electron chi connectivity index (χ1n) is 13.8. The number of imidazole rings is 1. The molecule has 3 fully saturated rings. The number of methoxy groups -OCH3 is 1. The molecule has 9 nitrogen and oxygen atoms in total. The molecule has 5 rings (SSSR count). The van der Waals surface area contributed by atoms with Gasteiger partial charge in [-0.2, -0.15) is 13.2 Å². The minimum absolute atomic E-state index is 0.0657. The van der Waals surface area contributed by atoms with E-state index >= 15 is 0 Å². The number of halogens is 3. The molecular formula is C27H39F3N6O3. The van der Waals surface area contributed by atoms with E-state index in [1.54, 1.807) is 16.5 Å². The summed E-state index contributed by atoms with van der Waals surface area (Å²) in [6.45, 7) is 0.764. The number of carbonyl (C=O) groups excluding carboxylic acids is 1. The van der Waals surface area contributed by atoms with Gasteiger partial charge in [0.25, 0.3) is 0 Å². The number of nitrogens with zero attached hydrogens (tertiary/aromatic N) is 4. The summed E-state index contributed by atoms with van der Waals surface area (Å²) < 4.78 is 49.8. The molecule has 0 radical (unpaired) electrons. The summed E-state index contributed by atoms with van der Waals surface area (Å²) in [4.78, 5) is 29.1. The van der Waals surface area contributed by atoms with Crippen LogP contribution < -0.4 is 16.5 Å². The molecule has 2 saturated carbocycles. The lowest BCUT2D eigenvalue weighted by Crippen LogP contribution is -2.50. The summed E-state index contributed by atoms with van der Waals surface area (Å²) in [6.07, 6.45) is 5.66. The second-order valence-corrected chi connectivity index (χ2v) is 11.6. The number of carbonyl (C=O) groups is 1. The van der Waals surface area contributed by atoms with Gasteiger partial charge in [0.05, 0.1) is 37.6 Å². The van der Waals surface area contributed by atoms with Gasteiger partial charge in [0, 0.05) is 25.0 Å². The third-order valence-corrected chi connectivity index (χ3v) is 8.97. The summed E-state index contributed by atoms with van der Waals surface area (Å²) in [7, 11) is 4.98. The molecule has 3 heterocycles. The van der Waals surface area contributed by atoms with Crippen LogP contribution in [0.5, 0.6) is 0 Å². The number of hydrogen-bond donors (Lipinski definition) is 2. The van der Waals surface area contributed by atoms with Gasteiger partial charge in [0.2, 0.25) is 0 Å². The van der Waals surface area contributed by atoms with Gasteiger partial charge in [-0.3, -0.25) is 23.6 Å². The molecule has 3 aliphatic rings. The summed E-state index contributed by atoms with van der Waals surface area (Å²) in [5.74, 6) is 0.949. The number of alkyl halides is 3. The second kappa shape index (κ2) is 11.2. The van der Waals surface area contributed by atoms with Gasteiger partial charge in [-0.15, -0.1) is 0 Å². The van der Waals surface area contributed by atoms with Gasteiger partial charge in [0.1, 0.15) is 0 Å². The van der Waals surface area contributed by atoms with Gasteiger partial charge in [-0.05, 0) is 62.7 Å². The SMILES string of the molecule is COC(=O)CN(C)Cc1cc(C(F)(F)F)c2cn(C3CCCC([C@@H](C4CCC4)C4NNCN4C)C3)c(=O)n2c1. The van der Waals surface area contributed by atoms with Crippen molar-refractivity contribution < 1.29 is 22.7 Å². The predicted molar refractivity (Wildman–Crippen MR) is 140 cm³/mol. The number of hydrazine groups is 1. The second-order valence-electron chi connectivity index (χ2n) is 11.6. The lowest BCUT2D eigenvalue weighted by molar-refractivity contribution is -0.142. The molecule has 2 aromatic rings. The van der Waals surface area contributed by atoms with E-state index in [-0.39, 0.29) is 30.8 Å². The fourth-order valence-corrected chi connectivity index (χ4v) is 6.89. The molecule has 3 unspecified atom stereocenters. The molecule has 2 aliphatic carbocycles. The van der Waals surface area contributed by atoms with Crippen molar-refractivity contribution in [2.45, 2.75) is 69.9 Å². The predicted octanol–water partition coefficient (Wildman–Crippen LogP) is 3.20. The van der Waals surface area contributed by atoms with Crippen molar-refractivity contribution in [3.63, 3.8) is 0 Å². The fraction of sp³-hybridized carbons (Fsp3) is 0.704. The van der Waals surface area contributed by atoms with Crippen molar-refractivity contribution in [1.29, 1.82) is 0 Å². The van der Waals surface area contributed by atoms with Crippen LogP contribution in [0.15, 0.2) is 23.3 Å². The van der Waals surface area contributed by atoms with Gasteiger partial charge >= 0.3 is 17.8 Å². The molecular weight excluding hydrogens is 513 g/mol. The third-order valence-electron chi connectivity index (χ3n) is 8.97. The van der Waals surface area contributed by atoms with Crippen molar-refractivity contribution in [2.24, 2.45) is 17.8 Å². The summed E-state index contributed by atoms with van der Waals surface area (Å²) in [5, 5.41) is 0. The number of pyridine rings is 1. The number of fused-ring (bicyclic) bond motifs is 1. The Morgan fingerprint density at radius 2 is 1.90 bits per heavy atom. The van der Waals surface area contributed by atoms with Crippen LogP contribution in [0.4, 0.5) is 13.2 Å². The maximum Gasteiger partial charge on any atom is 0.418 e. The monoisotopic (exact) mass is 552 g/mol. The van der Waals surface area contributed by atoms with Crippen molar-refractivity contribution in [2.75, 3.05) is 34.4 Å². The quantitative estimate of drug-likeness (QED) is 0.487. The van der Waals surface area contributed by atoms with E-state index < -0.39 is 23.4 Å². The van der Waals surface area contributed by atoms with E-state index in [0.717, 1.165) is 42.8 Å². The van der Waals surface area contributed by atoms with Crippen LogP contribution in [0.2, 0.25) is 0 Å². The first-order valence-corrected chi connectivity index (χ1v) is 13.8. The largest absolute Gasteiger partial charge is 0.468 e. The number of esters is 1. The van der Waals surface area contributed by atoms with Crippen LogP contribution in [0.3, 0.4) is 0 Å². The maximum atomic E-state index is 14.2. The fourth-order valence-electron chi connectivity index (χ4n) is 6.89. The Hall–Kier alpha value is -2.41. The molecule has 0 bridgehead atoms. The molecule has 2 N–H and O–H groups in total. The van der Waals surface area contributed by atoms with E-state index in [9.17, 15) is 22.8 Å². The zero-order chi connectivity index (χ0) is 27.9. The zero-order valence-corrected chi connectivity index (χ0v) is 22.8. The number of ether oxygens (including phenoxy) is 1. The minimum atomic E-state index is -4.63. The van der Waals surface area contributed by atoms with Gasteiger partial charge in [-0.1, -0.05) is 25.7 Å². The van der Waals surface area contributed by atoms with Gasteiger partial charge in [0.15, 0.2) is 0 Å². The Balaban J connectivity index is 1.45. The van der Waals surface area contributed by atoms with Crippen molar-refractivity contribution in [3.8, 4) is 0 Å². The van der Waals surface area contributed by atoms with E-state index in [1.807, 2.05) is 0 Å². The molecule has 2 aromatic heterocycles. The summed E-state index contributed by atoms with van der Waals surface area (Å²) >= 11 is 0. The Bertz CT molecular complexity index is 1240. The molecule has 1 aliphatic heterocycles. The average Bonchev–Trinajstić information content (AvgIpc) is 3.43. The molecule has 0 amide bonds. The van der Waals surface area contributed by atoms with Crippen molar-refractivity contribution in [3.05, 3.63) is 40.1 Å². The highest BCUT2D eigenvalue weighted by Crippen LogP contribution is 2.46. The van der Waals surface area contributed by atoms with Crippen LogP contribution in [-0.2, 0) is 22.3 Å². The summed E-state index contributed by atoms with van der Waals surface area (Å²) in [6, 6.07) is 0.933. The first kappa shape index (κ1) is 28.1. The molecule has 12 heteroatoms. The van der Waals surface area contributed by atoms with E-state index in [2.05, 4.69) is 27.5 Å². The Morgan fingerprint density at radius 3 is 2.51 bits per heavy atom. The lowest BCUT2D eigenvalue weighted by atomic mass is 9.65. The Labute approximate surface area is 226 Å². The zero-order valence-electron chi connectivity index (χ0n) is 22.8. The van der Waals surface area contributed by atoms with Gasteiger partial charge in [-0.25, -0.2) is 15.6 Å². The molecule has 0 aromatic carbocycles. The standard InChI is InChI=1S/C27H39F3N6O3/c1-33(15-23(37)39-3)12-17-10-21(27(28,29)30)22-14-35(26(38)36(22)13-17)20-9-5-8-19(11-20)24(18-6-4-7-18)25-32-31-16-34(25)2/h10,13-14,18-20,24-25,31-32H,4-9,11-12,15-16H2,1-3H3/t19?,20?,24-,25?/m1/s1. The molecule has 216 valence electrons. The number of aromatic nitrogens is 2. The average molecular weight is 553 g/mol. The topological polar surface area (TPSA) is 83.2 Å². The van der Waals surface area contributed by atoms with E-state index in [4.69, 9.17) is 0 Å². The van der Waals surface area contributed by atoms with E-state index in [0.29, 0.717) is 23.3 Å². The Morgan fingerprint density at radius 1 is 1.18 bits per heavy atom. The molecule has 4 atom stereocenters. The van der Waals surface area contributed by atoms with Crippen LogP contribution in [0.25, 0.3) is 5.52 Å². The number of hydrogen-bond acceptors (Lipinski definition) is 7. The number of rotatable bonds is 8. The van der Waals surface area contributed by atoms with Crippen molar-refractivity contribution >= 4 is 11.5 Å². The maximum absolute atomic E-state index is 14.2. The van der Waals surface area contributed by atoms with Crippen LogP contribution in [0.1, 0.15) is 62.1 Å². The van der Waals surface area contributed by atoms with Gasteiger partial charge < -0.3 is 4.74 Å². The molecule has 39 heavy (non-hydrogen) atoms. The van der Waals surface area contributed by atoms with Crippen molar-refractivity contribution in [1.82, 2.24) is 29.6 Å². The number of likely N-dealkylation sites (N-methyl/N-ethyl adjacent to an activating group) is 1. The summed E-state index contributed by atoms with van der Waals surface area (Å²) in [5.41, 5.74) is 5.57. The van der Waals surface area contributed by atoms with Crippen LogP contribution >= 0.6 is 0 Å². The highest BCUT2D eigenvalue weighted by Gasteiger charge is 2.43. The highest BCUT2D eigenvalue weighted by atomic mass is 19.4. The Kier molecular flexibility index (Phi) is 8.10. The van der Waals surface area contributed by atoms with Crippen LogP contribution in [0, 0.1) is 17.8 Å². The number of nitrogens with one attached hydrogen (secondary N) is 2. The minimum Gasteiger partial charge on any atom is -0.468 e. The van der Waals surface area contributed by atoms with E-state index in [1.165, 1.54) is 38.8 Å². The third kappa shape index (κ3) is 5.75. The smallest absolute Gasteiger partial charge is 0.418 e.